The molecule has 0 amide bonds. The number of ketones is 1. The predicted molar refractivity (Wildman–Crippen MR) is 182 cm³/mol. The maximum Gasteiger partial charge on any atom is 0.155 e. The minimum atomic E-state index is -0.125. The number of aliphatic hydroxyl groups is 1. The summed E-state index contributed by atoms with van der Waals surface area (Å²) < 4.78 is 6.63. The second kappa shape index (κ2) is 13.2. The van der Waals surface area contributed by atoms with Crippen molar-refractivity contribution in [1.29, 1.82) is 0 Å². The molecule has 0 aliphatic rings. The van der Waals surface area contributed by atoms with Gasteiger partial charge in [0.2, 0.25) is 0 Å². The molecule has 2 heterocycles. The van der Waals surface area contributed by atoms with E-state index in [0.29, 0.717) is 5.92 Å². The van der Waals surface area contributed by atoms with Crippen LogP contribution in [0.25, 0.3) is 65.9 Å². The van der Waals surface area contributed by atoms with Crippen molar-refractivity contribution >= 4 is 49.3 Å². The molecule has 0 unspecified atom stereocenters. The fourth-order valence-corrected chi connectivity index (χ4v) is 6.00. The molecule has 4 nitrogen and oxygen atoms in total. The standard InChI is InChI=1S/C35H26NO.C5H8O2.Ir/c1-21(2)31-20-26(19-25-14-13-24-11-7-8-12-28(24)32(25)31)33-35-30(17-18-36-33)29-16-15-27(22(3)34(29)37-35)23-9-5-4-6-10-23;1-4(6)3-5(2)7;/h4-18,20-21H,1-3H3;3,6H,1-2H3;/q-1;;/b;4-3-;. The SMILES string of the molecule is CC(=O)/C=C(/C)O.Cc1c(-c2ccccc2)ccc2c1oc1c(-c3[c-]c4ccc5ccccc5c4c(C(C)C)c3)nccc12.[Ir]. The molecule has 1 N–H and O–H groups in total. The number of hydrogen-bond acceptors (Lipinski definition) is 4. The van der Waals surface area contributed by atoms with Crippen molar-refractivity contribution in [2.75, 3.05) is 0 Å². The molecule has 0 fully saturated rings. The van der Waals surface area contributed by atoms with Crippen LogP contribution in [0.2, 0.25) is 0 Å². The average Bonchev–Trinajstić information content (AvgIpc) is 3.40. The van der Waals surface area contributed by atoms with Crippen molar-refractivity contribution in [3.8, 4) is 22.4 Å². The average molecular weight is 769 g/mol. The molecule has 0 aliphatic carbocycles. The summed E-state index contributed by atoms with van der Waals surface area (Å²) in [5.74, 6) is 0.291. The molecule has 7 aromatic rings. The molecule has 0 saturated heterocycles. The Morgan fingerprint density at radius 1 is 0.867 bits per heavy atom. The first-order valence-corrected chi connectivity index (χ1v) is 14.8. The number of carbonyl (C=O) groups excluding carboxylic acids is 1. The van der Waals surface area contributed by atoms with Crippen molar-refractivity contribution in [2.45, 2.75) is 40.5 Å². The number of benzene rings is 5. The van der Waals surface area contributed by atoms with Crippen LogP contribution >= 0.6 is 0 Å². The third-order valence-corrected chi connectivity index (χ3v) is 7.97. The number of rotatable bonds is 4. The second-order valence-electron chi connectivity index (χ2n) is 11.5. The molecular weight excluding hydrogens is 735 g/mol. The minimum absolute atomic E-state index is 0. The Labute approximate surface area is 276 Å². The maximum absolute atomic E-state index is 10.0. The molecule has 5 aromatic carbocycles. The molecule has 0 aliphatic heterocycles. The summed E-state index contributed by atoms with van der Waals surface area (Å²) >= 11 is 0. The Morgan fingerprint density at radius 2 is 1.58 bits per heavy atom. The van der Waals surface area contributed by atoms with Gasteiger partial charge in [-0.15, -0.1) is 29.1 Å². The first-order chi connectivity index (χ1) is 21.2. The van der Waals surface area contributed by atoms with E-state index in [1.54, 1.807) is 0 Å². The fraction of sp³-hybridized carbons (Fsp3) is 0.150. The van der Waals surface area contributed by atoms with Gasteiger partial charge in [0.1, 0.15) is 11.2 Å². The number of hydrogen-bond donors (Lipinski definition) is 1. The smallest absolute Gasteiger partial charge is 0.155 e. The Bertz CT molecular complexity index is 2210. The Morgan fingerprint density at radius 3 is 2.27 bits per heavy atom. The van der Waals surface area contributed by atoms with Crippen molar-refractivity contribution in [3.63, 3.8) is 0 Å². The van der Waals surface area contributed by atoms with Crippen LogP contribution in [-0.2, 0) is 24.9 Å². The van der Waals surface area contributed by atoms with Gasteiger partial charge in [-0.3, -0.25) is 9.78 Å². The number of aryl methyl sites for hydroxylation is 1. The molecule has 5 heteroatoms. The summed E-state index contributed by atoms with van der Waals surface area (Å²) in [5, 5.41) is 15.5. The topological polar surface area (TPSA) is 63.3 Å². The zero-order valence-electron chi connectivity index (χ0n) is 25.9. The third-order valence-electron chi connectivity index (χ3n) is 7.97. The zero-order chi connectivity index (χ0) is 31.0. The molecule has 0 saturated carbocycles. The van der Waals surface area contributed by atoms with E-state index in [0.717, 1.165) is 44.1 Å². The molecule has 0 bridgehead atoms. The summed E-state index contributed by atoms with van der Waals surface area (Å²) in [4.78, 5) is 14.8. The number of furan rings is 1. The van der Waals surface area contributed by atoms with Crippen LogP contribution in [-0.4, -0.2) is 15.9 Å². The van der Waals surface area contributed by atoms with E-state index in [1.165, 1.54) is 52.8 Å². The monoisotopic (exact) mass is 769 g/mol. The summed E-state index contributed by atoms with van der Waals surface area (Å²) in [6.45, 7) is 9.50. The summed E-state index contributed by atoms with van der Waals surface area (Å²) in [5.41, 5.74) is 8.37. The van der Waals surface area contributed by atoms with Gasteiger partial charge >= 0.3 is 0 Å². The van der Waals surface area contributed by atoms with Crippen molar-refractivity contribution in [3.05, 3.63) is 126 Å². The van der Waals surface area contributed by atoms with Gasteiger partial charge in [0.25, 0.3) is 0 Å². The van der Waals surface area contributed by atoms with E-state index in [9.17, 15) is 4.79 Å². The fourth-order valence-electron chi connectivity index (χ4n) is 6.00. The van der Waals surface area contributed by atoms with Gasteiger partial charge in [-0.25, -0.2) is 0 Å². The zero-order valence-corrected chi connectivity index (χ0v) is 28.3. The van der Waals surface area contributed by atoms with Gasteiger partial charge in [0.15, 0.2) is 5.78 Å². The molecule has 2 aromatic heterocycles. The Balaban J connectivity index is 0.000000452. The number of pyridine rings is 1. The van der Waals surface area contributed by atoms with Crippen molar-refractivity contribution < 1.29 is 34.4 Å². The first kappa shape index (κ1) is 31.8. The molecular formula is C40H34IrNO3-. The predicted octanol–water partition coefficient (Wildman–Crippen LogP) is 10.9. The van der Waals surface area contributed by atoms with Gasteiger partial charge in [-0.2, -0.15) is 0 Å². The van der Waals surface area contributed by atoms with E-state index in [-0.39, 0.29) is 31.6 Å². The second-order valence-corrected chi connectivity index (χ2v) is 11.5. The molecule has 0 atom stereocenters. The maximum atomic E-state index is 10.0. The van der Waals surface area contributed by atoms with Gasteiger partial charge < -0.3 is 9.52 Å². The van der Waals surface area contributed by atoms with Crippen LogP contribution in [0.1, 0.15) is 44.7 Å². The number of fused-ring (bicyclic) bond motifs is 6. The quantitative estimate of drug-likeness (QED) is 0.0838. The summed E-state index contributed by atoms with van der Waals surface area (Å²) in [6.07, 6.45) is 3.06. The van der Waals surface area contributed by atoms with E-state index in [2.05, 4.69) is 112 Å². The Kier molecular flexibility index (Phi) is 9.34. The third kappa shape index (κ3) is 6.19. The van der Waals surface area contributed by atoms with Crippen LogP contribution in [0.5, 0.6) is 0 Å². The normalized spacial score (nSPS) is 11.6. The number of aliphatic hydroxyl groups excluding tert-OH is 1. The van der Waals surface area contributed by atoms with Crippen LogP contribution in [0.3, 0.4) is 0 Å². The number of aromatic nitrogens is 1. The van der Waals surface area contributed by atoms with Crippen molar-refractivity contribution in [2.24, 2.45) is 0 Å². The van der Waals surface area contributed by atoms with Gasteiger partial charge in [-0.1, -0.05) is 91.5 Å². The van der Waals surface area contributed by atoms with Crippen LogP contribution in [0, 0.1) is 13.0 Å². The molecule has 1 radical (unpaired) electrons. The van der Waals surface area contributed by atoms with E-state index in [1.807, 2.05) is 12.3 Å². The van der Waals surface area contributed by atoms with E-state index >= 15 is 0 Å². The largest absolute Gasteiger partial charge is 0.512 e. The van der Waals surface area contributed by atoms with Gasteiger partial charge in [-0.05, 0) is 60.7 Å². The summed E-state index contributed by atoms with van der Waals surface area (Å²) in [7, 11) is 0. The Hall–Kier alpha value is -4.57. The van der Waals surface area contributed by atoms with E-state index in [4.69, 9.17) is 14.5 Å². The minimum Gasteiger partial charge on any atom is -0.512 e. The van der Waals surface area contributed by atoms with Crippen LogP contribution in [0.15, 0.2) is 113 Å². The number of allylic oxidation sites excluding steroid dienone is 2. The van der Waals surface area contributed by atoms with Gasteiger partial charge in [0, 0.05) is 54.4 Å². The van der Waals surface area contributed by atoms with Crippen molar-refractivity contribution in [1.82, 2.24) is 4.98 Å². The number of nitrogens with zero attached hydrogens (tertiary/aromatic N) is 1. The molecule has 0 spiro atoms. The van der Waals surface area contributed by atoms with Crippen LogP contribution < -0.4 is 0 Å². The first-order valence-electron chi connectivity index (χ1n) is 14.8. The van der Waals surface area contributed by atoms with Crippen LogP contribution in [0.4, 0.5) is 0 Å². The van der Waals surface area contributed by atoms with E-state index < -0.39 is 0 Å². The molecule has 227 valence electrons. The number of carbonyl (C=O) groups is 1. The summed E-state index contributed by atoms with van der Waals surface area (Å²) in [6, 6.07) is 35.8. The molecule has 7 rings (SSSR count). The van der Waals surface area contributed by atoms with Gasteiger partial charge in [0.05, 0.1) is 5.76 Å². The molecule has 45 heavy (non-hydrogen) atoms.